The van der Waals surface area contributed by atoms with Crippen LogP contribution in [0.25, 0.3) is 0 Å². The molecule has 2 saturated heterocycles. The van der Waals surface area contributed by atoms with Crippen LogP contribution in [0.15, 0.2) is 0 Å². The Hall–Kier alpha value is -0.130. The smallest absolute Gasteiger partial charge is 0.150 e. The zero-order valence-electron chi connectivity index (χ0n) is 10.9. The average molecular weight is 260 g/mol. The zero-order chi connectivity index (χ0) is 12.7. The Balaban J connectivity index is 2.22. The second-order valence-electron chi connectivity index (χ2n) is 6.15. The van der Waals surface area contributed by atoms with Gasteiger partial charge >= 0.3 is 0 Å². The van der Waals surface area contributed by atoms with Crippen molar-refractivity contribution in [2.24, 2.45) is 5.73 Å². The highest BCUT2D eigenvalue weighted by atomic mass is 32.2. The molecule has 2 heterocycles. The van der Waals surface area contributed by atoms with Crippen LogP contribution >= 0.6 is 0 Å². The molecule has 0 amide bonds. The number of rotatable bonds is 2. The van der Waals surface area contributed by atoms with E-state index in [1.54, 1.807) is 0 Å². The molecule has 0 unspecified atom stereocenters. The summed E-state index contributed by atoms with van der Waals surface area (Å²) in [5.74, 6) is 0.605. The summed E-state index contributed by atoms with van der Waals surface area (Å²) in [6, 6.07) is 0. The molecule has 2 rings (SSSR count). The summed E-state index contributed by atoms with van der Waals surface area (Å²) in [6.07, 6.45) is 3.79. The minimum atomic E-state index is -2.81. The van der Waals surface area contributed by atoms with Crippen molar-refractivity contribution in [2.45, 2.75) is 50.6 Å². The summed E-state index contributed by atoms with van der Waals surface area (Å²) in [5.41, 5.74) is 6.08. The molecule has 0 aliphatic carbocycles. The molecule has 0 aromatic heterocycles. The number of hydrogen-bond acceptors (Lipinski definition) is 4. The third kappa shape index (κ3) is 2.37. The first kappa shape index (κ1) is 13.3. The van der Waals surface area contributed by atoms with Crippen molar-refractivity contribution in [3.63, 3.8) is 0 Å². The van der Waals surface area contributed by atoms with Gasteiger partial charge in [0.15, 0.2) is 0 Å². The highest BCUT2D eigenvalue weighted by Gasteiger charge is 2.48. The monoisotopic (exact) mass is 260 g/mol. The molecule has 0 spiro atoms. The fraction of sp³-hybridized carbons (Fsp3) is 1.00. The van der Waals surface area contributed by atoms with Crippen molar-refractivity contribution >= 4 is 9.84 Å². The van der Waals surface area contributed by atoms with E-state index in [2.05, 4.69) is 18.7 Å². The van der Waals surface area contributed by atoms with E-state index in [1.807, 2.05) is 0 Å². The van der Waals surface area contributed by atoms with Crippen LogP contribution in [0.4, 0.5) is 0 Å². The molecule has 100 valence electrons. The Morgan fingerprint density at radius 1 is 1.18 bits per heavy atom. The Bertz CT molecular complexity index is 375. The number of nitrogens with two attached hydrogens (primary N) is 1. The van der Waals surface area contributed by atoms with Gasteiger partial charge in [0.2, 0.25) is 0 Å². The van der Waals surface area contributed by atoms with Crippen LogP contribution in [0.1, 0.15) is 39.5 Å². The maximum atomic E-state index is 11.6. The molecule has 4 nitrogen and oxygen atoms in total. The summed E-state index contributed by atoms with van der Waals surface area (Å²) in [5, 5.41) is 0. The van der Waals surface area contributed by atoms with Gasteiger partial charge in [0.25, 0.3) is 0 Å². The van der Waals surface area contributed by atoms with Gasteiger partial charge in [-0.1, -0.05) is 0 Å². The first-order valence-electron chi connectivity index (χ1n) is 6.50. The Morgan fingerprint density at radius 3 is 2.18 bits per heavy atom. The molecule has 0 atom stereocenters. The number of likely N-dealkylation sites (tertiary alicyclic amines) is 1. The summed E-state index contributed by atoms with van der Waals surface area (Å²) in [7, 11) is -2.81. The van der Waals surface area contributed by atoms with Gasteiger partial charge in [0.1, 0.15) is 9.84 Å². The quantitative estimate of drug-likeness (QED) is 0.796. The van der Waals surface area contributed by atoms with Gasteiger partial charge in [0.05, 0.1) is 11.5 Å². The van der Waals surface area contributed by atoms with E-state index in [9.17, 15) is 8.42 Å². The molecular weight excluding hydrogens is 236 g/mol. The van der Waals surface area contributed by atoms with E-state index < -0.39 is 9.84 Å². The van der Waals surface area contributed by atoms with Crippen molar-refractivity contribution in [1.82, 2.24) is 4.90 Å². The number of hydrogen-bond donors (Lipinski definition) is 1. The fourth-order valence-electron chi connectivity index (χ4n) is 3.49. The van der Waals surface area contributed by atoms with E-state index in [1.165, 1.54) is 12.8 Å². The van der Waals surface area contributed by atoms with Gasteiger partial charge in [0, 0.05) is 17.6 Å². The SMILES string of the molecule is CC1(C)CCCN1C1(CN)CCS(=O)(=O)CC1. The standard InChI is InChI=1S/C12H24N2O2S/c1-11(2)4-3-7-14(11)12(10-13)5-8-17(15,16)9-6-12/h3-10,13H2,1-2H3. The Kier molecular flexibility index (Phi) is 3.30. The molecule has 0 aromatic carbocycles. The minimum absolute atomic E-state index is 0.0781. The predicted molar refractivity (Wildman–Crippen MR) is 69.7 cm³/mol. The molecule has 2 N–H and O–H groups in total. The highest BCUT2D eigenvalue weighted by molar-refractivity contribution is 7.91. The van der Waals surface area contributed by atoms with Crippen LogP contribution in [0.2, 0.25) is 0 Å². The van der Waals surface area contributed by atoms with Crippen molar-refractivity contribution in [3.8, 4) is 0 Å². The Morgan fingerprint density at radius 2 is 1.76 bits per heavy atom. The van der Waals surface area contributed by atoms with E-state index in [-0.39, 0.29) is 11.1 Å². The van der Waals surface area contributed by atoms with E-state index in [0.29, 0.717) is 30.9 Å². The lowest BCUT2D eigenvalue weighted by Crippen LogP contribution is -2.61. The summed E-state index contributed by atoms with van der Waals surface area (Å²) in [4.78, 5) is 2.48. The number of sulfone groups is 1. The minimum Gasteiger partial charge on any atom is -0.329 e. The summed E-state index contributed by atoms with van der Waals surface area (Å²) in [6.45, 7) is 6.14. The fourth-order valence-corrected chi connectivity index (χ4v) is 5.07. The van der Waals surface area contributed by atoms with Crippen LogP contribution in [-0.2, 0) is 9.84 Å². The molecule has 2 aliphatic heterocycles. The lowest BCUT2D eigenvalue weighted by atomic mass is 9.86. The molecule has 2 fully saturated rings. The van der Waals surface area contributed by atoms with E-state index >= 15 is 0 Å². The first-order valence-corrected chi connectivity index (χ1v) is 8.32. The lowest BCUT2D eigenvalue weighted by molar-refractivity contribution is 0.0271. The molecule has 2 aliphatic rings. The van der Waals surface area contributed by atoms with Crippen molar-refractivity contribution in [1.29, 1.82) is 0 Å². The van der Waals surface area contributed by atoms with E-state index in [0.717, 1.165) is 6.54 Å². The normalized spacial score (nSPS) is 31.5. The molecule has 0 bridgehead atoms. The van der Waals surface area contributed by atoms with Gasteiger partial charge < -0.3 is 5.73 Å². The first-order chi connectivity index (χ1) is 7.81. The van der Waals surface area contributed by atoms with Crippen molar-refractivity contribution in [3.05, 3.63) is 0 Å². The van der Waals surface area contributed by atoms with Crippen LogP contribution in [-0.4, -0.2) is 49.0 Å². The molecule has 0 radical (unpaired) electrons. The highest BCUT2D eigenvalue weighted by Crippen LogP contribution is 2.40. The molecular formula is C12H24N2O2S. The third-order valence-electron chi connectivity index (χ3n) is 4.61. The predicted octanol–water partition coefficient (Wildman–Crippen LogP) is 0.767. The summed E-state index contributed by atoms with van der Waals surface area (Å²) >= 11 is 0. The summed E-state index contributed by atoms with van der Waals surface area (Å²) < 4.78 is 23.1. The van der Waals surface area contributed by atoms with Gasteiger partial charge in [-0.3, -0.25) is 4.90 Å². The molecule has 0 saturated carbocycles. The van der Waals surface area contributed by atoms with Gasteiger partial charge in [-0.2, -0.15) is 0 Å². The van der Waals surface area contributed by atoms with Crippen LogP contribution < -0.4 is 5.73 Å². The maximum Gasteiger partial charge on any atom is 0.150 e. The maximum absolute atomic E-state index is 11.6. The van der Waals surface area contributed by atoms with Gasteiger partial charge in [-0.25, -0.2) is 8.42 Å². The van der Waals surface area contributed by atoms with Crippen LogP contribution in [0, 0.1) is 0 Å². The third-order valence-corrected chi connectivity index (χ3v) is 6.26. The molecule has 5 heteroatoms. The second kappa shape index (κ2) is 4.21. The van der Waals surface area contributed by atoms with Crippen LogP contribution in [0.5, 0.6) is 0 Å². The van der Waals surface area contributed by atoms with E-state index in [4.69, 9.17) is 5.73 Å². The molecule has 0 aromatic rings. The topological polar surface area (TPSA) is 63.4 Å². The lowest BCUT2D eigenvalue weighted by Gasteiger charge is -2.50. The zero-order valence-corrected chi connectivity index (χ0v) is 11.7. The number of nitrogens with zero attached hydrogens (tertiary/aromatic N) is 1. The van der Waals surface area contributed by atoms with Crippen molar-refractivity contribution < 1.29 is 8.42 Å². The van der Waals surface area contributed by atoms with Crippen molar-refractivity contribution in [2.75, 3.05) is 24.6 Å². The largest absolute Gasteiger partial charge is 0.329 e. The second-order valence-corrected chi connectivity index (χ2v) is 8.45. The van der Waals surface area contributed by atoms with Gasteiger partial charge in [-0.05, 0) is 46.1 Å². The van der Waals surface area contributed by atoms with Gasteiger partial charge in [-0.15, -0.1) is 0 Å². The molecule has 17 heavy (non-hydrogen) atoms. The average Bonchev–Trinajstić information content (AvgIpc) is 2.60. The van der Waals surface area contributed by atoms with Crippen LogP contribution in [0.3, 0.4) is 0 Å². The Labute approximate surface area is 104 Å².